The molecule has 1 atom stereocenters. The molecule has 7 nitrogen and oxygen atoms in total. The van der Waals surface area contributed by atoms with Gasteiger partial charge in [-0.05, 0) is 20.3 Å². The van der Waals surface area contributed by atoms with Crippen LogP contribution in [0.2, 0.25) is 0 Å². The summed E-state index contributed by atoms with van der Waals surface area (Å²) in [5.41, 5.74) is 1.06. The summed E-state index contributed by atoms with van der Waals surface area (Å²) >= 11 is 0. The van der Waals surface area contributed by atoms with Gasteiger partial charge in [-0.15, -0.1) is 0 Å². The number of carbonyl (C=O) groups excluding carboxylic acids is 1. The van der Waals surface area contributed by atoms with Crippen molar-refractivity contribution >= 4 is 16.9 Å². The molecule has 0 fully saturated rings. The van der Waals surface area contributed by atoms with Crippen molar-refractivity contribution in [3.63, 3.8) is 0 Å². The summed E-state index contributed by atoms with van der Waals surface area (Å²) in [5, 5.41) is 8.93. The van der Waals surface area contributed by atoms with Gasteiger partial charge in [0, 0.05) is 5.56 Å². The van der Waals surface area contributed by atoms with Crippen LogP contribution in [0.5, 0.6) is 0 Å². The van der Waals surface area contributed by atoms with E-state index in [1.807, 2.05) is 30.3 Å². The molecule has 0 aliphatic carbocycles. The molecule has 7 heteroatoms. The Hall–Kier alpha value is -2.96. The molecule has 25 heavy (non-hydrogen) atoms. The Kier molecular flexibility index (Phi) is 4.65. The lowest BCUT2D eigenvalue weighted by Gasteiger charge is -2.16. The van der Waals surface area contributed by atoms with E-state index < -0.39 is 17.6 Å². The Balaban J connectivity index is 2.29. The van der Waals surface area contributed by atoms with E-state index in [2.05, 4.69) is 10.3 Å². The van der Waals surface area contributed by atoms with Gasteiger partial charge in [0.2, 0.25) is 0 Å². The van der Waals surface area contributed by atoms with E-state index in [4.69, 9.17) is 9.26 Å². The Morgan fingerprint density at radius 3 is 2.64 bits per heavy atom. The van der Waals surface area contributed by atoms with E-state index in [0.29, 0.717) is 23.3 Å². The Labute approximate surface area is 144 Å². The molecule has 2 aromatic heterocycles. The molecule has 0 bridgehead atoms. The molecule has 0 radical (unpaired) electrons. The normalized spacial score (nSPS) is 12.3. The minimum atomic E-state index is -0.809. The van der Waals surface area contributed by atoms with Crippen LogP contribution in [0, 0.1) is 6.92 Å². The lowest BCUT2D eigenvalue weighted by molar-refractivity contribution is -0.147. The molecule has 1 unspecified atom stereocenters. The fraction of sp³-hybridized carbons (Fsp3) is 0.333. The van der Waals surface area contributed by atoms with Crippen molar-refractivity contribution in [2.24, 2.45) is 0 Å². The minimum Gasteiger partial charge on any atom is -0.464 e. The molecule has 3 rings (SSSR count). The minimum absolute atomic E-state index is 0.161. The van der Waals surface area contributed by atoms with Gasteiger partial charge in [-0.1, -0.05) is 42.4 Å². The fourth-order valence-electron chi connectivity index (χ4n) is 2.80. The van der Waals surface area contributed by atoms with Crippen LogP contribution in [0.15, 0.2) is 39.6 Å². The Morgan fingerprint density at radius 1 is 1.28 bits per heavy atom. The third-order valence-electron chi connectivity index (χ3n) is 4.01. The quantitative estimate of drug-likeness (QED) is 0.663. The zero-order chi connectivity index (χ0) is 18.0. The number of aromatic nitrogens is 3. The van der Waals surface area contributed by atoms with E-state index >= 15 is 0 Å². The first-order valence-corrected chi connectivity index (χ1v) is 8.19. The molecular weight excluding hydrogens is 322 g/mol. The number of hydrogen-bond acceptors (Lipinski definition) is 6. The highest BCUT2D eigenvalue weighted by Crippen LogP contribution is 2.28. The van der Waals surface area contributed by atoms with Crippen molar-refractivity contribution in [3.05, 3.63) is 46.4 Å². The average Bonchev–Trinajstić information content (AvgIpc) is 3.01. The summed E-state index contributed by atoms with van der Waals surface area (Å²) in [6, 6.07) is 8.61. The van der Waals surface area contributed by atoms with Gasteiger partial charge in [-0.2, -0.15) is 5.10 Å². The van der Waals surface area contributed by atoms with Gasteiger partial charge in [-0.3, -0.25) is 4.79 Å². The Bertz CT molecular complexity index is 960. The van der Waals surface area contributed by atoms with Crippen LogP contribution in [0.3, 0.4) is 0 Å². The molecule has 2 heterocycles. The van der Waals surface area contributed by atoms with E-state index in [1.165, 1.54) is 0 Å². The number of ether oxygens (including phenoxy) is 1. The zero-order valence-corrected chi connectivity index (χ0v) is 14.4. The van der Waals surface area contributed by atoms with Crippen LogP contribution in [-0.2, 0) is 9.53 Å². The molecule has 0 spiro atoms. The number of esters is 1. The molecule has 1 aromatic carbocycles. The van der Waals surface area contributed by atoms with E-state index in [1.54, 1.807) is 20.8 Å². The standard InChI is InChI=1S/C18H19N3O4/c1-4-13(18(23)24-5-2)21-17(22)16-14(11(3)25-20-16)15(19-21)12-9-7-6-8-10-12/h6-10,13H,4-5H2,1-3H3. The topological polar surface area (TPSA) is 87.2 Å². The second-order valence-electron chi connectivity index (χ2n) is 5.60. The van der Waals surface area contributed by atoms with Crippen LogP contribution >= 0.6 is 0 Å². The van der Waals surface area contributed by atoms with Crippen LogP contribution in [-0.4, -0.2) is 27.5 Å². The third-order valence-corrected chi connectivity index (χ3v) is 4.01. The number of carbonyl (C=O) groups is 1. The molecule has 3 aromatic rings. The number of benzene rings is 1. The second kappa shape index (κ2) is 6.88. The van der Waals surface area contributed by atoms with Gasteiger partial charge < -0.3 is 9.26 Å². The maximum absolute atomic E-state index is 12.8. The number of aryl methyl sites for hydroxylation is 1. The maximum Gasteiger partial charge on any atom is 0.331 e. The summed E-state index contributed by atoms with van der Waals surface area (Å²) in [4.78, 5) is 25.1. The lowest BCUT2D eigenvalue weighted by Crippen LogP contribution is -2.33. The summed E-state index contributed by atoms with van der Waals surface area (Å²) in [6.45, 7) is 5.49. The molecular formula is C18H19N3O4. The van der Waals surface area contributed by atoms with Gasteiger partial charge in [0.1, 0.15) is 11.5 Å². The first-order valence-electron chi connectivity index (χ1n) is 8.19. The number of fused-ring (bicyclic) bond motifs is 1. The Morgan fingerprint density at radius 2 is 2.00 bits per heavy atom. The second-order valence-corrected chi connectivity index (χ2v) is 5.60. The van der Waals surface area contributed by atoms with Gasteiger partial charge in [0.05, 0.1) is 12.0 Å². The van der Waals surface area contributed by atoms with Crippen molar-refractivity contribution < 1.29 is 14.1 Å². The molecule has 0 N–H and O–H groups in total. The lowest BCUT2D eigenvalue weighted by atomic mass is 10.1. The van der Waals surface area contributed by atoms with Crippen LogP contribution in [0.4, 0.5) is 0 Å². The van der Waals surface area contributed by atoms with Crippen LogP contribution in [0.25, 0.3) is 22.2 Å². The van der Waals surface area contributed by atoms with Crippen molar-refractivity contribution in [1.82, 2.24) is 14.9 Å². The summed E-state index contributed by atoms with van der Waals surface area (Å²) in [5.74, 6) is 0.0213. The molecule has 130 valence electrons. The molecule has 0 aliphatic rings. The van der Waals surface area contributed by atoms with Gasteiger partial charge in [0.25, 0.3) is 5.56 Å². The van der Waals surface area contributed by atoms with Crippen molar-refractivity contribution in [2.75, 3.05) is 6.61 Å². The fourth-order valence-corrected chi connectivity index (χ4v) is 2.80. The van der Waals surface area contributed by atoms with E-state index in [9.17, 15) is 9.59 Å². The zero-order valence-electron chi connectivity index (χ0n) is 14.4. The highest BCUT2D eigenvalue weighted by atomic mass is 16.5. The largest absolute Gasteiger partial charge is 0.464 e. The van der Waals surface area contributed by atoms with E-state index in [-0.39, 0.29) is 12.1 Å². The maximum atomic E-state index is 12.8. The molecule has 0 saturated carbocycles. The summed E-state index contributed by atoms with van der Waals surface area (Å²) in [7, 11) is 0. The highest BCUT2D eigenvalue weighted by molar-refractivity contribution is 5.93. The number of nitrogens with zero attached hydrogens (tertiary/aromatic N) is 3. The van der Waals surface area contributed by atoms with E-state index in [0.717, 1.165) is 10.2 Å². The third kappa shape index (κ3) is 2.93. The first-order chi connectivity index (χ1) is 12.1. The van der Waals surface area contributed by atoms with Gasteiger partial charge in [0.15, 0.2) is 11.6 Å². The summed E-state index contributed by atoms with van der Waals surface area (Å²) in [6.07, 6.45) is 0.377. The first kappa shape index (κ1) is 16.9. The molecule has 0 saturated heterocycles. The predicted molar refractivity (Wildman–Crippen MR) is 92.2 cm³/mol. The molecule has 0 amide bonds. The average molecular weight is 341 g/mol. The monoisotopic (exact) mass is 341 g/mol. The van der Waals surface area contributed by atoms with Crippen LogP contribution in [0.1, 0.15) is 32.1 Å². The van der Waals surface area contributed by atoms with Gasteiger partial charge >= 0.3 is 5.97 Å². The van der Waals surface area contributed by atoms with Gasteiger partial charge in [-0.25, -0.2) is 9.48 Å². The number of hydrogen-bond donors (Lipinski definition) is 0. The van der Waals surface area contributed by atoms with Crippen molar-refractivity contribution in [1.29, 1.82) is 0 Å². The predicted octanol–water partition coefficient (Wildman–Crippen LogP) is 2.87. The smallest absolute Gasteiger partial charge is 0.331 e. The molecule has 0 aliphatic heterocycles. The van der Waals surface area contributed by atoms with Crippen LogP contribution < -0.4 is 5.56 Å². The van der Waals surface area contributed by atoms with Crippen molar-refractivity contribution in [3.8, 4) is 11.3 Å². The highest BCUT2D eigenvalue weighted by Gasteiger charge is 2.26. The SMILES string of the molecule is CCOC(=O)C(CC)n1nc(-c2ccccc2)c2c(C)onc2c1=O. The summed E-state index contributed by atoms with van der Waals surface area (Å²) < 4.78 is 11.5. The number of rotatable bonds is 5. The van der Waals surface area contributed by atoms with Crippen molar-refractivity contribution in [2.45, 2.75) is 33.2 Å².